The first-order valence-corrected chi connectivity index (χ1v) is 6.31. The lowest BCUT2D eigenvalue weighted by Gasteiger charge is -2.23. The molecule has 94 valence electrons. The van der Waals surface area contributed by atoms with E-state index in [0.29, 0.717) is 18.4 Å². The minimum Gasteiger partial charge on any atom is -0.396 e. The van der Waals surface area contributed by atoms with E-state index in [-0.39, 0.29) is 18.7 Å². The van der Waals surface area contributed by atoms with Crippen molar-refractivity contribution in [2.24, 2.45) is 5.92 Å². The van der Waals surface area contributed by atoms with Crippen LogP contribution in [-0.2, 0) is 0 Å². The van der Waals surface area contributed by atoms with Gasteiger partial charge in [0, 0.05) is 18.7 Å². The van der Waals surface area contributed by atoms with E-state index in [1.165, 1.54) is 12.8 Å². The number of carbonyl (C=O) groups excluding carboxylic acids is 1. The second-order valence-corrected chi connectivity index (χ2v) is 4.96. The van der Waals surface area contributed by atoms with E-state index in [9.17, 15) is 4.79 Å². The fourth-order valence-corrected chi connectivity index (χ4v) is 2.18. The van der Waals surface area contributed by atoms with Crippen molar-refractivity contribution in [1.82, 2.24) is 10.6 Å². The number of amides is 2. The lowest BCUT2D eigenvalue weighted by molar-refractivity contribution is 0.216. The highest BCUT2D eigenvalue weighted by molar-refractivity contribution is 5.74. The van der Waals surface area contributed by atoms with Crippen molar-refractivity contribution >= 4 is 6.03 Å². The molecule has 0 aromatic carbocycles. The molecule has 1 fully saturated rings. The van der Waals surface area contributed by atoms with Crippen molar-refractivity contribution in [3.05, 3.63) is 0 Å². The minimum absolute atomic E-state index is 0.0615. The van der Waals surface area contributed by atoms with Crippen LogP contribution in [0.25, 0.3) is 0 Å². The summed E-state index contributed by atoms with van der Waals surface area (Å²) in [6.07, 6.45) is 5.25. The van der Waals surface area contributed by atoms with Gasteiger partial charge >= 0.3 is 6.03 Å². The number of nitrogens with one attached hydrogen (secondary N) is 2. The molecule has 1 rings (SSSR count). The maximum Gasteiger partial charge on any atom is 0.315 e. The fraction of sp³-hybridized carbons (Fsp3) is 0.917. The predicted octanol–water partition coefficient (Wildman–Crippen LogP) is 1.64. The molecule has 0 saturated heterocycles. The highest BCUT2D eigenvalue weighted by atomic mass is 16.3. The third-order valence-electron chi connectivity index (χ3n) is 3.25. The van der Waals surface area contributed by atoms with Crippen LogP contribution >= 0.6 is 0 Å². The first kappa shape index (κ1) is 13.3. The van der Waals surface area contributed by atoms with E-state index < -0.39 is 0 Å². The summed E-state index contributed by atoms with van der Waals surface area (Å²) in [7, 11) is 0. The monoisotopic (exact) mass is 228 g/mol. The molecule has 16 heavy (non-hydrogen) atoms. The highest BCUT2D eigenvalue weighted by Crippen LogP contribution is 2.17. The zero-order valence-electron chi connectivity index (χ0n) is 10.3. The van der Waals surface area contributed by atoms with Gasteiger partial charge in [0.2, 0.25) is 0 Å². The van der Waals surface area contributed by atoms with Crippen LogP contribution in [0.3, 0.4) is 0 Å². The molecule has 0 heterocycles. The smallest absolute Gasteiger partial charge is 0.315 e. The lowest BCUT2D eigenvalue weighted by Crippen LogP contribution is -2.47. The van der Waals surface area contributed by atoms with E-state index in [4.69, 9.17) is 5.11 Å². The van der Waals surface area contributed by atoms with Gasteiger partial charge in [0.1, 0.15) is 0 Å². The number of hydrogen-bond donors (Lipinski definition) is 3. The zero-order valence-corrected chi connectivity index (χ0v) is 10.3. The Kier molecular flexibility index (Phi) is 5.60. The molecule has 1 aliphatic carbocycles. The Bertz CT molecular complexity index is 213. The molecule has 0 aromatic heterocycles. The summed E-state index contributed by atoms with van der Waals surface area (Å²) < 4.78 is 0. The Morgan fingerprint density at radius 2 is 2.00 bits per heavy atom. The van der Waals surface area contributed by atoms with Crippen LogP contribution < -0.4 is 10.6 Å². The molecule has 3 N–H and O–H groups in total. The maximum absolute atomic E-state index is 11.7. The van der Waals surface area contributed by atoms with Gasteiger partial charge in [0.25, 0.3) is 0 Å². The number of carbonyl (C=O) groups is 1. The van der Waals surface area contributed by atoms with Crippen LogP contribution in [0.5, 0.6) is 0 Å². The molecule has 0 radical (unpaired) electrons. The Labute approximate surface area is 97.8 Å². The van der Waals surface area contributed by atoms with Crippen molar-refractivity contribution in [2.45, 2.75) is 58.0 Å². The second-order valence-electron chi connectivity index (χ2n) is 4.96. The third-order valence-corrected chi connectivity index (χ3v) is 3.25. The van der Waals surface area contributed by atoms with Crippen LogP contribution in [0.15, 0.2) is 0 Å². The predicted molar refractivity (Wildman–Crippen MR) is 64.3 cm³/mol. The molecule has 1 saturated carbocycles. The van der Waals surface area contributed by atoms with Gasteiger partial charge in [0.05, 0.1) is 0 Å². The van der Waals surface area contributed by atoms with Gasteiger partial charge in [0.15, 0.2) is 0 Å². The molecule has 0 spiro atoms. The number of urea groups is 1. The molecule has 4 heteroatoms. The number of rotatable bonds is 5. The van der Waals surface area contributed by atoms with E-state index in [1.807, 2.05) is 0 Å². The molecule has 0 aliphatic heterocycles. The van der Waals surface area contributed by atoms with Gasteiger partial charge in [-0.05, 0) is 25.2 Å². The minimum atomic E-state index is -0.0842. The van der Waals surface area contributed by atoms with Crippen molar-refractivity contribution in [1.29, 1.82) is 0 Å². The van der Waals surface area contributed by atoms with Gasteiger partial charge in [-0.1, -0.05) is 26.7 Å². The summed E-state index contributed by atoms with van der Waals surface area (Å²) in [6.45, 7) is 4.22. The van der Waals surface area contributed by atoms with Crippen LogP contribution in [0.4, 0.5) is 4.79 Å². The van der Waals surface area contributed by atoms with Crippen LogP contribution in [0.2, 0.25) is 0 Å². The average molecular weight is 228 g/mol. The van der Waals surface area contributed by atoms with E-state index >= 15 is 0 Å². The van der Waals surface area contributed by atoms with Gasteiger partial charge in [-0.15, -0.1) is 0 Å². The normalized spacial score (nSPS) is 18.8. The molecule has 2 amide bonds. The maximum atomic E-state index is 11.7. The summed E-state index contributed by atoms with van der Waals surface area (Å²) in [5, 5.41) is 14.8. The average Bonchev–Trinajstić information content (AvgIpc) is 2.69. The SMILES string of the molecule is CC(C)C(CCO)NC(=O)NC1CCCC1. The zero-order chi connectivity index (χ0) is 12.0. The van der Waals surface area contributed by atoms with Crippen LogP contribution in [0.1, 0.15) is 46.0 Å². The molecule has 0 bridgehead atoms. The van der Waals surface area contributed by atoms with Gasteiger partial charge in [-0.2, -0.15) is 0 Å². The second kappa shape index (κ2) is 6.74. The lowest BCUT2D eigenvalue weighted by atomic mass is 10.0. The molecule has 1 atom stereocenters. The standard InChI is InChI=1S/C12H24N2O2/c1-9(2)11(7-8-15)14-12(16)13-10-5-3-4-6-10/h9-11,15H,3-8H2,1-2H3,(H2,13,14,16). The topological polar surface area (TPSA) is 61.4 Å². The molecular formula is C12H24N2O2. The Balaban J connectivity index is 2.29. The van der Waals surface area contributed by atoms with Gasteiger partial charge in [-0.25, -0.2) is 4.79 Å². The number of hydrogen-bond acceptors (Lipinski definition) is 2. The summed E-state index contributed by atoms with van der Waals surface area (Å²) in [5.41, 5.74) is 0. The van der Waals surface area contributed by atoms with Crippen molar-refractivity contribution in [2.75, 3.05) is 6.61 Å². The number of aliphatic hydroxyl groups excluding tert-OH is 1. The largest absolute Gasteiger partial charge is 0.396 e. The molecule has 1 aliphatic rings. The molecular weight excluding hydrogens is 204 g/mol. The van der Waals surface area contributed by atoms with E-state index in [1.54, 1.807) is 0 Å². The van der Waals surface area contributed by atoms with E-state index in [0.717, 1.165) is 12.8 Å². The van der Waals surface area contributed by atoms with Crippen molar-refractivity contribution in [3.8, 4) is 0 Å². The van der Waals surface area contributed by atoms with Crippen LogP contribution in [0, 0.1) is 5.92 Å². The third kappa shape index (κ3) is 4.39. The first-order valence-electron chi connectivity index (χ1n) is 6.31. The number of aliphatic hydroxyl groups is 1. The fourth-order valence-electron chi connectivity index (χ4n) is 2.18. The summed E-state index contributed by atoms with van der Waals surface area (Å²) in [5.74, 6) is 0.349. The van der Waals surface area contributed by atoms with Gasteiger partial charge < -0.3 is 15.7 Å². The molecule has 1 unspecified atom stereocenters. The molecule has 0 aromatic rings. The Hall–Kier alpha value is -0.770. The Morgan fingerprint density at radius 3 is 2.50 bits per heavy atom. The Morgan fingerprint density at radius 1 is 1.38 bits per heavy atom. The molecule has 4 nitrogen and oxygen atoms in total. The van der Waals surface area contributed by atoms with E-state index in [2.05, 4.69) is 24.5 Å². The first-order chi connectivity index (χ1) is 7.63. The summed E-state index contributed by atoms with van der Waals surface area (Å²) >= 11 is 0. The van der Waals surface area contributed by atoms with Crippen molar-refractivity contribution < 1.29 is 9.90 Å². The van der Waals surface area contributed by atoms with Crippen molar-refractivity contribution in [3.63, 3.8) is 0 Å². The quantitative estimate of drug-likeness (QED) is 0.670. The van der Waals surface area contributed by atoms with Crippen LogP contribution in [-0.4, -0.2) is 29.8 Å². The summed E-state index contributed by atoms with van der Waals surface area (Å²) in [6, 6.07) is 0.326. The summed E-state index contributed by atoms with van der Waals surface area (Å²) in [4.78, 5) is 11.7. The highest BCUT2D eigenvalue weighted by Gasteiger charge is 2.20. The van der Waals surface area contributed by atoms with Gasteiger partial charge in [-0.3, -0.25) is 0 Å².